The summed E-state index contributed by atoms with van der Waals surface area (Å²) >= 11 is 0.211. The van der Waals surface area contributed by atoms with Crippen LogP contribution in [0, 0.1) is 27.7 Å². The Morgan fingerprint density at radius 2 is 1.17 bits per heavy atom. The van der Waals surface area contributed by atoms with Gasteiger partial charge in [0.25, 0.3) is 0 Å². The van der Waals surface area contributed by atoms with Crippen LogP contribution in [0.2, 0.25) is 0 Å². The quantitative estimate of drug-likeness (QED) is 0.571. The van der Waals surface area contributed by atoms with Crippen LogP contribution in [0.15, 0.2) is 24.3 Å². The van der Waals surface area contributed by atoms with E-state index in [9.17, 15) is 0 Å². The zero-order chi connectivity index (χ0) is 17.3. The van der Waals surface area contributed by atoms with Crippen molar-refractivity contribution >= 4 is 23.9 Å². The van der Waals surface area contributed by atoms with Crippen molar-refractivity contribution in [2.24, 2.45) is 0 Å². The Kier molecular flexibility index (Phi) is 5.33. The predicted octanol–water partition coefficient (Wildman–Crippen LogP) is 2.12. The average Bonchev–Trinajstić information content (AvgIpc) is 2.82. The maximum absolute atomic E-state index is 4.69. The van der Waals surface area contributed by atoms with Gasteiger partial charge < -0.3 is 0 Å². The van der Waals surface area contributed by atoms with Crippen molar-refractivity contribution in [1.29, 1.82) is 0 Å². The standard InChI is InChI=1S/C18H26N4Se/c1-11(2)9-21-15(7)17(13(5)19-21)23-18-14(6)20-22(16(18)8)10-12(3)4/h1,3,9-10H2,2,4-8H3. The van der Waals surface area contributed by atoms with E-state index in [0.29, 0.717) is 0 Å². The van der Waals surface area contributed by atoms with Crippen LogP contribution < -0.4 is 8.92 Å². The Labute approximate surface area is 145 Å². The average molecular weight is 377 g/mol. The van der Waals surface area contributed by atoms with E-state index in [0.717, 1.165) is 35.6 Å². The summed E-state index contributed by atoms with van der Waals surface area (Å²) in [5.74, 6) is 0. The first-order valence-corrected chi connectivity index (χ1v) is 9.46. The van der Waals surface area contributed by atoms with Crippen molar-refractivity contribution in [1.82, 2.24) is 19.6 Å². The van der Waals surface area contributed by atoms with Gasteiger partial charge in [-0.25, -0.2) is 0 Å². The topological polar surface area (TPSA) is 35.6 Å². The fourth-order valence-corrected chi connectivity index (χ4v) is 4.86. The van der Waals surface area contributed by atoms with Crippen molar-refractivity contribution < 1.29 is 0 Å². The molecule has 124 valence electrons. The summed E-state index contributed by atoms with van der Waals surface area (Å²) < 4.78 is 6.86. The van der Waals surface area contributed by atoms with Crippen LogP contribution in [-0.4, -0.2) is 34.5 Å². The number of nitrogens with zero attached hydrogens (tertiary/aromatic N) is 4. The second kappa shape index (κ2) is 6.89. The molecule has 0 atom stereocenters. The van der Waals surface area contributed by atoms with E-state index in [1.54, 1.807) is 0 Å². The van der Waals surface area contributed by atoms with Gasteiger partial charge in [0.1, 0.15) is 0 Å². The number of aromatic nitrogens is 4. The zero-order valence-electron chi connectivity index (χ0n) is 15.0. The van der Waals surface area contributed by atoms with E-state index in [4.69, 9.17) is 10.2 Å². The van der Waals surface area contributed by atoms with Gasteiger partial charge in [0, 0.05) is 0 Å². The summed E-state index contributed by atoms with van der Waals surface area (Å²) in [4.78, 5) is 0. The molecule has 0 radical (unpaired) electrons. The number of hydrogen-bond donors (Lipinski definition) is 0. The van der Waals surface area contributed by atoms with Crippen LogP contribution in [0.25, 0.3) is 0 Å². The molecule has 2 heterocycles. The van der Waals surface area contributed by atoms with Gasteiger partial charge in [-0.05, 0) is 0 Å². The molecule has 0 saturated heterocycles. The van der Waals surface area contributed by atoms with Crippen molar-refractivity contribution in [2.75, 3.05) is 0 Å². The minimum atomic E-state index is 0.211. The molecule has 0 aliphatic rings. The Morgan fingerprint density at radius 3 is 1.48 bits per heavy atom. The molecule has 0 fully saturated rings. The third-order valence-corrected chi connectivity index (χ3v) is 7.01. The Balaban J connectivity index is 2.36. The molecule has 0 amide bonds. The number of allylic oxidation sites excluding steroid dienone is 2. The first-order chi connectivity index (χ1) is 10.7. The molecule has 23 heavy (non-hydrogen) atoms. The summed E-state index contributed by atoms with van der Waals surface area (Å²) in [6.45, 7) is 22.2. The molecule has 0 N–H and O–H groups in total. The van der Waals surface area contributed by atoms with Crippen LogP contribution in [0.4, 0.5) is 0 Å². The molecule has 0 bridgehead atoms. The summed E-state index contributed by atoms with van der Waals surface area (Å²) in [7, 11) is 0. The monoisotopic (exact) mass is 378 g/mol. The first kappa shape index (κ1) is 17.8. The number of aryl methyl sites for hydroxylation is 2. The fraction of sp³-hybridized carbons (Fsp3) is 0.444. The molecule has 0 saturated carbocycles. The molecule has 0 spiro atoms. The zero-order valence-corrected chi connectivity index (χ0v) is 16.7. The third-order valence-electron chi connectivity index (χ3n) is 3.67. The molecule has 2 rings (SSSR count). The Morgan fingerprint density at radius 1 is 0.826 bits per heavy atom. The van der Waals surface area contributed by atoms with Crippen molar-refractivity contribution in [3.8, 4) is 0 Å². The van der Waals surface area contributed by atoms with Crippen molar-refractivity contribution in [2.45, 2.75) is 54.6 Å². The van der Waals surface area contributed by atoms with E-state index in [-0.39, 0.29) is 15.0 Å². The van der Waals surface area contributed by atoms with Crippen LogP contribution >= 0.6 is 0 Å². The second-order valence-corrected chi connectivity index (χ2v) is 8.47. The Hall–Kier alpha value is -1.58. The van der Waals surface area contributed by atoms with E-state index in [2.05, 4.69) is 50.2 Å². The van der Waals surface area contributed by atoms with E-state index < -0.39 is 0 Å². The van der Waals surface area contributed by atoms with E-state index in [1.807, 2.05) is 13.8 Å². The summed E-state index contributed by atoms with van der Waals surface area (Å²) in [5.41, 5.74) is 6.98. The molecule has 0 aliphatic carbocycles. The van der Waals surface area contributed by atoms with E-state index in [1.165, 1.54) is 20.3 Å². The van der Waals surface area contributed by atoms with Gasteiger partial charge in [-0.2, -0.15) is 0 Å². The summed E-state index contributed by atoms with van der Waals surface area (Å²) in [6, 6.07) is 0. The van der Waals surface area contributed by atoms with Gasteiger partial charge in [0.05, 0.1) is 0 Å². The third kappa shape index (κ3) is 3.85. The van der Waals surface area contributed by atoms with Crippen LogP contribution in [0.1, 0.15) is 36.6 Å². The van der Waals surface area contributed by atoms with Gasteiger partial charge in [0.2, 0.25) is 0 Å². The number of hydrogen-bond acceptors (Lipinski definition) is 2. The fourth-order valence-electron chi connectivity index (χ4n) is 2.58. The summed E-state index contributed by atoms with van der Waals surface area (Å²) in [6.07, 6.45) is 0. The van der Waals surface area contributed by atoms with Gasteiger partial charge in [-0.15, -0.1) is 0 Å². The summed E-state index contributed by atoms with van der Waals surface area (Å²) in [5, 5.41) is 9.38. The molecular weight excluding hydrogens is 351 g/mol. The molecule has 2 aromatic rings. The molecular formula is C18H26N4Se. The van der Waals surface area contributed by atoms with Crippen LogP contribution in [0.3, 0.4) is 0 Å². The minimum absolute atomic E-state index is 0.211. The van der Waals surface area contributed by atoms with E-state index >= 15 is 0 Å². The van der Waals surface area contributed by atoms with Crippen molar-refractivity contribution in [3.63, 3.8) is 0 Å². The molecule has 5 heteroatoms. The number of rotatable bonds is 6. The van der Waals surface area contributed by atoms with Crippen LogP contribution in [0.5, 0.6) is 0 Å². The molecule has 2 aromatic heterocycles. The predicted molar refractivity (Wildman–Crippen MR) is 98.1 cm³/mol. The molecule has 0 aromatic carbocycles. The second-order valence-electron chi connectivity index (χ2n) is 6.33. The normalized spacial score (nSPS) is 11.0. The van der Waals surface area contributed by atoms with Crippen LogP contribution in [-0.2, 0) is 13.1 Å². The van der Waals surface area contributed by atoms with Gasteiger partial charge in [0.15, 0.2) is 0 Å². The maximum atomic E-state index is 4.69. The van der Waals surface area contributed by atoms with Gasteiger partial charge >= 0.3 is 145 Å². The Bertz CT molecular complexity index is 700. The van der Waals surface area contributed by atoms with Crippen molar-refractivity contribution in [3.05, 3.63) is 47.1 Å². The van der Waals surface area contributed by atoms with Gasteiger partial charge in [-0.3, -0.25) is 0 Å². The van der Waals surface area contributed by atoms with Gasteiger partial charge in [-0.1, -0.05) is 0 Å². The molecule has 4 nitrogen and oxygen atoms in total. The molecule has 0 aliphatic heterocycles. The SMILES string of the molecule is C=C(C)Cn1nc(C)c([Se]c2c(C)nn(CC(=C)C)c2C)c1C. The molecule has 0 unspecified atom stereocenters. The first-order valence-electron chi connectivity index (χ1n) is 7.75.